The molecule has 1 unspecified atom stereocenters. The monoisotopic (exact) mass is 310 g/mol. The van der Waals surface area contributed by atoms with Crippen LogP contribution >= 0.6 is 11.8 Å². The van der Waals surface area contributed by atoms with Gasteiger partial charge in [-0.15, -0.1) is 11.8 Å². The van der Waals surface area contributed by atoms with E-state index in [1.807, 2.05) is 45.0 Å². The molecule has 0 aromatic heterocycles. The van der Waals surface area contributed by atoms with Crippen molar-refractivity contribution in [3.8, 4) is 0 Å². The van der Waals surface area contributed by atoms with Crippen LogP contribution in [0.25, 0.3) is 0 Å². The molecule has 1 aromatic rings. The van der Waals surface area contributed by atoms with Crippen LogP contribution in [0.2, 0.25) is 0 Å². The maximum atomic E-state index is 11.6. The number of rotatable bonds is 6. The van der Waals surface area contributed by atoms with E-state index in [0.717, 1.165) is 10.5 Å². The van der Waals surface area contributed by atoms with Crippen LogP contribution in [0.4, 0.5) is 0 Å². The van der Waals surface area contributed by atoms with Gasteiger partial charge in [-0.05, 0) is 44.9 Å². The van der Waals surface area contributed by atoms with Crippen LogP contribution in [0.5, 0.6) is 0 Å². The van der Waals surface area contributed by atoms with Gasteiger partial charge < -0.3 is 9.84 Å². The number of hydrogen-bond donors (Lipinski definition) is 1. The van der Waals surface area contributed by atoms with Crippen molar-refractivity contribution in [2.75, 3.05) is 5.75 Å². The summed E-state index contributed by atoms with van der Waals surface area (Å²) < 4.78 is 5.24. The summed E-state index contributed by atoms with van der Waals surface area (Å²) in [5.41, 5.74) is 0.514. The molecule has 0 spiro atoms. The van der Waals surface area contributed by atoms with E-state index in [4.69, 9.17) is 9.84 Å². The molecule has 1 aromatic carbocycles. The number of thioether (sulfide) groups is 1. The number of carbonyl (C=O) groups is 2. The van der Waals surface area contributed by atoms with Crippen LogP contribution in [0.1, 0.15) is 33.3 Å². The molecule has 0 heterocycles. The Morgan fingerprint density at radius 2 is 1.81 bits per heavy atom. The van der Waals surface area contributed by atoms with E-state index in [0.29, 0.717) is 6.42 Å². The van der Waals surface area contributed by atoms with Crippen LogP contribution < -0.4 is 0 Å². The van der Waals surface area contributed by atoms with Crippen LogP contribution in [0.15, 0.2) is 29.2 Å². The highest BCUT2D eigenvalue weighted by molar-refractivity contribution is 8.00. The Balaban J connectivity index is 2.48. The largest absolute Gasteiger partial charge is 0.481 e. The van der Waals surface area contributed by atoms with E-state index >= 15 is 0 Å². The molecule has 0 saturated heterocycles. The van der Waals surface area contributed by atoms with E-state index in [1.165, 1.54) is 11.8 Å². The highest BCUT2D eigenvalue weighted by Gasteiger charge is 2.16. The van der Waals surface area contributed by atoms with Gasteiger partial charge in [-0.2, -0.15) is 0 Å². The third kappa shape index (κ3) is 7.18. The van der Waals surface area contributed by atoms with E-state index in [-0.39, 0.29) is 11.7 Å². The summed E-state index contributed by atoms with van der Waals surface area (Å²) in [6.45, 7) is 7.21. The number of benzene rings is 1. The first-order valence-corrected chi connectivity index (χ1v) is 7.82. The van der Waals surface area contributed by atoms with E-state index in [2.05, 4.69) is 0 Å². The molecular weight excluding hydrogens is 288 g/mol. The minimum Gasteiger partial charge on any atom is -0.481 e. The fraction of sp³-hybridized carbons (Fsp3) is 0.500. The SMILES string of the molecule is CC(Cc1ccc(SCC(=O)OC(C)(C)C)cc1)C(=O)O. The van der Waals surface area contributed by atoms with Crippen LogP contribution in [0.3, 0.4) is 0 Å². The Bertz CT molecular complexity index is 488. The molecule has 1 N–H and O–H groups in total. The van der Waals surface area contributed by atoms with Gasteiger partial charge in [0.2, 0.25) is 0 Å². The average molecular weight is 310 g/mol. The Hall–Kier alpha value is -1.49. The number of ether oxygens (including phenoxy) is 1. The van der Waals surface area contributed by atoms with Crippen molar-refractivity contribution >= 4 is 23.7 Å². The second kappa shape index (κ2) is 7.50. The molecule has 1 rings (SSSR count). The Labute approximate surface area is 129 Å². The Morgan fingerprint density at radius 3 is 2.29 bits per heavy atom. The maximum Gasteiger partial charge on any atom is 0.316 e. The normalized spacial score (nSPS) is 12.8. The first-order chi connectivity index (χ1) is 9.67. The molecule has 0 radical (unpaired) electrons. The summed E-state index contributed by atoms with van der Waals surface area (Å²) in [5, 5.41) is 8.88. The van der Waals surface area contributed by atoms with Gasteiger partial charge in [-0.25, -0.2) is 0 Å². The quantitative estimate of drug-likeness (QED) is 0.644. The maximum absolute atomic E-state index is 11.6. The molecule has 0 saturated carbocycles. The predicted octanol–water partition coefficient (Wildman–Crippen LogP) is 3.38. The number of carboxylic acid groups (broad SMARTS) is 1. The van der Waals surface area contributed by atoms with Gasteiger partial charge in [0, 0.05) is 4.90 Å². The fourth-order valence-electron chi connectivity index (χ4n) is 1.68. The molecule has 0 bridgehead atoms. The highest BCUT2D eigenvalue weighted by atomic mass is 32.2. The molecule has 0 aliphatic carbocycles. The lowest BCUT2D eigenvalue weighted by Crippen LogP contribution is -2.24. The molecule has 0 aliphatic rings. The third-order valence-electron chi connectivity index (χ3n) is 2.66. The van der Waals surface area contributed by atoms with Gasteiger partial charge in [0.05, 0.1) is 11.7 Å². The number of hydrogen-bond acceptors (Lipinski definition) is 4. The van der Waals surface area contributed by atoms with Crippen molar-refractivity contribution in [3.63, 3.8) is 0 Å². The minimum atomic E-state index is -0.793. The van der Waals surface area contributed by atoms with Crippen molar-refractivity contribution in [1.29, 1.82) is 0 Å². The minimum absolute atomic E-state index is 0.240. The molecule has 5 heteroatoms. The highest BCUT2D eigenvalue weighted by Crippen LogP contribution is 2.21. The van der Waals surface area contributed by atoms with Crippen molar-refractivity contribution < 1.29 is 19.4 Å². The van der Waals surface area contributed by atoms with Crippen LogP contribution in [-0.2, 0) is 20.7 Å². The van der Waals surface area contributed by atoms with Gasteiger partial charge in [0.25, 0.3) is 0 Å². The van der Waals surface area contributed by atoms with Crippen molar-refractivity contribution in [1.82, 2.24) is 0 Å². The van der Waals surface area contributed by atoms with Gasteiger partial charge in [-0.1, -0.05) is 19.1 Å². The van der Waals surface area contributed by atoms with Gasteiger partial charge >= 0.3 is 11.9 Å². The molecule has 0 amide bonds. The van der Waals surface area contributed by atoms with Gasteiger partial charge in [0.1, 0.15) is 5.60 Å². The number of esters is 1. The number of carboxylic acids is 1. The predicted molar refractivity (Wildman–Crippen MR) is 83.5 cm³/mol. The average Bonchev–Trinajstić information content (AvgIpc) is 2.35. The van der Waals surface area contributed by atoms with E-state index < -0.39 is 17.5 Å². The summed E-state index contributed by atoms with van der Waals surface area (Å²) >= 11 is 1.41. The summed E-state index contributed by atoms with van der Waals surface area (Å²) in [7, 11) is 0. The van der Waals surface area contributed by atoms with Crippen molar-refractivity contribution in [2.45, 2.75) is 44.6 Å². The standard InChI is InChI=1S/C16H22O4S/c1-11(15(18)19)9-12-5-7-13(8-6-12)21-10-14(17)20-16(2,3)4/h5-8,11H,9-10H2,1-4H3,(H,18,19). The Kier molecular flexibility index (Phi) is 6.27. The summed E-state index contributed by atoms with van der Waals surface area (Å²) in [5.74, 6) is -1.16. The molecule has 0 aliphatic heterocycles. The zero-order valence-electron chi connectivity index (χ0n) is 12.9. The van der Waals surface area contributed by atoms with Crippen LogP contribution in [-0.4, -0.2) is 28.4 Å². The first-order valence-electron chi connectivity index (χ1n) is 6.84. The number of aliphatic carboxylic acids is 1. The molecule has 4 nitrogen and oxygen atoms in total. The second-order valence-electron chi connectivity index (χ2n) is 5.96. The zero-order chi connectivity index (χ0) is 16.0. The fourth-order valence-corrected chi connectivity index (χ4v) is 2.35. The lowest BCUT2D eigenvalue weighted by Gasteiger charge is -2.19. The first kappa shape index (κ1) is 17.6. The molecular formula is C16H22O4S. The van der Waals surface area contributed by atoms with E-state index in [1.54, 1.807) is 6.92 Å². The van der Waals surface area contributed by atoms with Gasteiger partial charge in [-0.3, -0.25) is 9.59 Å². The van der Waals surface area contributed by atoms with Gasteiger partial charge in [0.15, 0.2) is 0 Å². The smallest absolute Gasteiger partial charge is 0.316 e. The lowest BCUT2D eigenvalue weighted by atomic mass is 10.0. The second-order valence-corrected chi connectivity index (χ2v) is 7.01. The van der Waals surface area contributed by atoms with Crippen molar-refractivity contribution in [3.05, 3.63) is 29.8 Å². The summed E-state index contributed by atoms with van der Waals surface area (Å²) in [6.07, 6.45) is 0.506. The molecule has 1 atom stereocenters. The Morgan fingerprint density at radius 1 is 1.24 bits per heavy atom. The zero-order valence-corrected chi connectivity index (χ0v) is 13.7. The van der Waals surface area contributed by atoms with Crippen molar-refractivity contribution in [2.24, 2.45) is 5.92 Å². The topological polar surface area (TPSA) is 63.6 Å². The lowest BCUT2D eigenvalue weighted by molar-refractivity contribution is -0.151. The van der Waals surface area contributed by atoms with E-state index in [9.17, 15) is 9.59 Å². The molecule has 21 heavy (non-hydrogen) atoms. The molecule has 0 fully saturated rings. The molecule has 116 valence electrons. The third-order valence-corrected chi connectivity index (χ3v) is 3.65. The van der Waals surface area contributed by atoms with Crippen LogP contribution in [0, 0.1) is 5.92 Å². The summed E-state index contributed by atoms with van der Waals surface area (Å²) in [6, 6.07) is 7.60. The summed E-state index contributed by atoms with van der Waals surface area (Å²) in [4.78, 5) is 23.4. The number of carbonyl (C=O) groups excluding carboxylic acids is 1.